The van der Waals surface area contributed by atoms with E-state index in [-0.39, 0.29) is 0 Å². The number of benzene rings is 1. The van der Waals surface area contributed by atoms with Crippen molar-refractivity contribution in [1.29, 1.82) is 0 Å². The van der Waals surface area contributed by atoms with Gasteiger partial charge in [0, 0.05) is 18.0 Å². The van der Waals surface area contributed by atoms with E-state index in [2.05, 4.69) is 4.98 Å². The van der Waals surface area contributed by atoms with Crippen molar-refractivity contribution in [2.45, 2.75) is 6.18 Å². The largest absolute Gasteiger partial charge is 0.416 e. The molecule has 0 saturated carbocycles. The molecule has 17 heavy (non-hydrogen) atoms. The van der Waals surface area contributed by atoms with Crippen molar-refractivity contribution in [2.75, 3.05) is 0 Å². The molecule has 1 heterocycles. The summed E-state index contributed by atoms with van der Waals surface area (Å²) in [5, 5.41) is 0.458. The molecule has 0 atom stereocenters. The van der Waals surface area contributed by atoms with Gasteiger partial charge in [0.15, 0.2) is 0 Å². The van der Waals surface area contributed by atoms with Crippen LogP contribution in [0.4, 0.5) is 13.2 Å². The molecule has 0 aliphatic heterocycles. The van der Waals surface area contributed by atoms with Crippen molar-refractivity contribution >= 4 is 11.6 Å². The summed E-state index contributed by atoms with van der Waals surface area (Å²) in [6.45, 7) is 0. The number of halogens is 4. The standard InChI is InChI=1S/C12H7ClF3N/c13-11-5-6-17-7-10(11)8-1-3-9(4-2-8)12(14,15)16/h1-7H. The molecule has 2 aromatic rings. The summed E-state index contributed by atoms with van der Waals surface area (Å²) >= 11 is 5.93. The van der Waals surface area contributed by atoms with Gasteiger partial charge in [0.25, 0.3) is 0 Å². The first kappa shape index (κ1) is 11.9. The molecule has 0 aliphatic rings. The molecule has 0 aliphatic carbocycles. The van der Waals surface area contributed by atoms with Gasteiger partial charge in [-0.15, -0.1) is 0 Å². The number of rotatable bonds is 1. The minimum atomic E-state index is -4.32. The molecule has 2 rings (SSSR count). The zero-order valence-corrected chi connectivity index (χ0v) is 9.26. The van der Waals surface area contributed by atoms with Crippen LogP contribution in [0.25, 0.3) is 11.1 Å². The lowest BCUT2D eigenvalue weighted by molar-refractivity contribution is -0.137. The van der Waals surface area contributed by atoms with Crippen molar-refractivity contribution in [3.8, 4) is 11.1 Å². The van der Waals surface area contributed by atoms with Gasteiger partial charge in [0.2, 0.25) is 0 Å². The Morgan fingerprint density at radius 2 is 1.65 bits per heavy atom. The Morgan fingerprint density at radius 3 is 2.18 bits per heavy atom. The third-order valence-corrected chi connectivity index (χ3v) is 2.62. The summed E-state index contributed by atoms with van der Waals surface area (Å²) in [5.74, 6) is 0. The fourth-order valence-electron chi connectivity index (χ4n) is 1.43. The van der Waals surface area contributed by atoms with Gasteiger partial charge >= 0.3 is 6.18 Å². The van der Waals surface area contributed by atoms with Gasteiger partial charge in [-0.05, 0) is 23.8 Å². The Bertz CT molecular complexity index is 520. The van der Waals surface area contributed by atoms with Crippen LogP contribution in [0, 0.1) is 0 Å². The van der Waals surface area contributed by atoms with Gasteiger partial charge in [-0.1, -0.05) is 23.7 Å². The smallest absolute Gasteiger partial charge is 0.264 e. The van der Waals surface area contributed by atoms with Crippen LogP contribution in [0.2, 0.25) is 5.02 Å². The minimum Gasteiger partial charge on any atom is -0.264 e. The topological polar surface area (TPSA) is 12.9 Å². The molecular formula is C12H7ClF3N. The van der Waals surface area contributed by atoms with Crippen LogP contribution < -0.4 is 0 Å². The normalized spacial score (nSPS) is 11.5. The lowest BCUT2D eigenvalue weighted by atomic mass is 10.1. The van der Waals surface area contributed by atoms with Crippen LogP contribution in [0.3, 0.4) is 0 Å². The van der Waals surface area contributed by atoms with Crippen LogP contribution in [0.5, 0.6) is 0 Å². The quantitative estimate of drug-likeness (QED) is 0.737. The molecule has 1 nitrogen and oxygen atoms in total. The fraction of sp³-hybridized carbons (Fsp3) is 0.0833. The van der Waals surface area contributed by atoms with Crippen molar-refractivity contribution < 1.29 is 13.2 Å². The lowest BCUT2D eigenvalue weighted by Crippen LogP contribution is -2.04. The van der Waals surface area contributed by atoms with E-state index in [1.807, 2.05) is 0 Å². The zero-order valence-electron chi connectivity index (χ0n) is 8.50. The average Bonchev–Trinajstić information content (AvgIpc) is 2.29. The maximum Gasteiger partial charge on any atom is 0.416 e. The summed E-state index contributed by atoms with van der Waals surface area (Å²) in [7, 11) is 0. The minimum absolute atomic E-state index is 0.458. The van der Waals surface area contributed by atoms with Crippen LogP contribution in [-0.4, -0.2) is 4.98 Å². The monoisotopic (exact) mass is 257 g/mol. The van der Waals surface area contributed by atoms with E-state index < -0.39 is 11.7 Å². The zero-order chi connectivity index (χ0) is 12.5. The van der Waals surface area contributed by atoms with Gasteiger partial charge in [0.05, 0.1) is 10.6 Å². The first-order valence-electron chi connectivity index (χ1n) is 4.75. The number of nitrogens with zero attached hydrogens (tertiary/aromatic N) is 1. The number of hydrogen-bond acceptors (Lipinski definition) is 1. The third kappa shape index (κ3) is 2.58. The molecule has 88 valence electrons. The number of pyridine rings is 1. The predicted octanol–water partition coefficient (Wildman–Crippen LogP) is 4.42. The van der Waals surface area contributed by atoms with Crippen LogP contribution in [-0.2, 0) is 6.18 Å². The first-order chi connectivity index (χ1) is 7.98. The van der Waals surface area contributed by atoms with Gasteiger partial charge in [0.1, 0.15) is 0 Å². The molecule has 0 unspecified atom stereocenters. The number of alkyl halides is 3. The molecule has 0 bridgehead atoms. The molecule has 0 fully saturated rings. The third-order valence-electron chi connectivity index (χ3n) is 2.29. The molecule has 5 heteroatoms. The van der Waals surface area contributed by atoms with E-state index in [4.69, 9.17) is 11.6 Å². The van der Waals surface area contributed by atoms with Crippen molar-refractivity contribution in [2.24, 2.45) is 0 Å². The van der Waals surface area contributed by atoms with Crippen molar-refractivity contribution in [3.63, 3.8) is 0 Å². The Labute approximate surface area is 101 Å². The van der Waals surface area contributed by atoms with E-state index >= 15 is 0 Å². The second-order valence-corrected chi connectivity index (χ2v) is 3.84. The molecule has 0 N–H and O–H groups in total. The van der Waals surface area contributed by atoms with E-state index in [0.29, 0.717) is 16.1 Å². The Morgan fingerprint density at radius 1 is 1.00 bits per heavy atom. The second-order valence-electron chi connectivity index (χ2n) is 3.43. The molecule has 0 amide bonds. The van der Waals surface area contributed by atoms with E-state index in [0.717, 1.165) is 12.1 Å². The van der Waals surface area contributed by atoms with Gasteiger partial charge < -0.3 is 0 Å². The van der Waals surface area contributed by atoms with Crippen LogP contribution in [0.15, 0.2) is 42.7 Å². The van der Waals surface area contributed by atoms with Crippen LogP contribution in [0.1, 0.15) is 5.56 Å². The lowest BCUT2D eigenvalue weighted by Gasteiger charge is -2.08. The Balaban J connectivity index is 2.40. The summed E-state index contributed by atoms with van der Waals surface area (Å²) in [4.78, 5) is 3.89. The maximum atomic E-state index is 12.4. The Kier molecular flexibility index (Phi) is 3.07. The molecular weight excluding hydrogens is 251 g/mol. The van der Waals surface area contributed by atoms with Crippen LogP contribution >= 0.6 is 11.6 Å². The van der Waals surface area contributed by atoms with E-state index in [1.165, 1.54) is 24.5 Å². The molecule has 0 spiro atoms. The van der Waals surface area contributed by atoms with Crippen molar-refractivity contribution in [3.05, 3.63) is 53.3 Å². The van der Waals surface area contributed by atoms with Crippen molar-refractivity contribution in [1.82, 2.24) is 4.98 Å². The van der Waals surface area contributed by atoms with Gasteiger partial charge in [-0.3, -0.25) is 4.98 Å². The second kappa shape index (κ2) is 4.37. The highest BCUT2D eigenvalue weighted by Gasteiger charge is 2.29. The van der Waals surface area contributed by atoms with Gasteiger partial charge in [-0.25, -0.2) is 0 Å². The number of aromatic nitrogens is 1. The molecule has 1 aromatic carbocycles. The highest BCUT2D eigenvalue weighted by molar-refractivity contribution is 6.33. The van der Waals surface area contributed by atoms with E-state index in [9.17, 15) is 13.2 Å². The molecule has 1 aromatic heterocycles. The van der Waals surface area contributed by atoms with Gasteiger partial charge in [-0.2, -0.15) is 13.2 Å². The predicted molar refractivity (Wildman–Crippen MR) is 59.7 cm³/mol. The summed E-state index contributed by atoms with van der Waals surface area (Å²) < 4.78 is 37.1. The van der Waals surface area contributed by atoms with E-state index in [1.54, 1.807) is 6.07 Å². The first-order valence-corrected chi connectivity index (χ1v) is 5.13. The molecule has 0 saturated heterocycles. The summed E-state index contributed by atoms with van der Waals surface area (Å²) in [6.07, 6.45) is -1.28. The SMILES string of the molecule is FC(F)(F)c1ccc(-c2cnccc2Cl)cc1. The Hall–Kier alpha value is -1.55. The summed E-state index contributed by atoms with van der Waals surface area (Å²) in [5.41, 5.74) is 0.542. The maximum absolute atomic E-state index is 12.4. The highest BCUT2D eigenvalue weighted by atomic mass is 35.5. The molecule has 0 radical (unpaired) electrons. The average molecular weight is 258 g/mol. The fourth-order valence-corrected chi connectivity index (χ4v) is 1.64. The summed E-state index contributed by atoms with van der Waals surface area (Å²) in [6, 6.07) is 6.41. The highest BCUT2D eigenvalue weighted by Crippen LogP contribution is 2.32. The number of hydrogen-bond donors (Lipinski definition) is 0.